The molecule has 2 aromatic rings. The normalized spacial score (nSPS) is 11.7. The molecule has 0 spiro atoms. The van der Waals surface area contributed by atoms with Crippen molar-refractivity contribution in [3.63, 3.8) is 0 Å². The summed E-state index contributed by atoms with van der Waals surface area (Å²) in [5.41, 5.74) is 2.65. The first-order valence-electron chi connectivity index (χ1n) is 7.26. The first kappa shape index (κ1) is 15.0. The molecule has 0 aliphatic heterocycles. The van der Waals surface area contributed by atoms with Crippen LogP contribution >= 0.6 is 0 Å². The Kier molecular flexibility index (Phi) is 5.32. The molecule has 2 N–H and O–H groups in total. The van der Waals surface area contributed by atoms with Gasteiger partial charge in [-0.25, -0.2) is 0 Å². The summed E-state index contributed by atoms with van der Waals surface area (Å²) in [5.74, 6) is -0.0399. The van der Waals surface area contributed by atoms with Gasteiger partial charge in [0, 0.05) is 30.7 Å². The summed E-state index contributed by atoms with van der Waals surface area (Å²) in [6.07, 6.45) is 4.47. The SMILES string of the molecule is CCCNC(=O)c1ccccc1NC(C)c1ccncc1. The number of aromatic nitrogens is 1. The Labute approximate surface area is 125 Å². The van der Waals surface area contributed by atoms with Gasteiger partial charge in [0.1, 0.15) is 0 Å². The third-order valence-electron chi connectivity index (χ3n) is 3.29. The average Bonchev–Trinajstić information content (AvgIpc) is 2.54. The number of para-hydroxylation sites is 1. The highest BCUT2D eigenvalue weighted by Gasteiger charge is 2.12. The predicted octanol–water partition coefficient (Wildman–Crippen LogP) is 3.39. The van der Waals surface area contributed by atoms with Crippen molar-refractivity contribution >= 4 is 11.6 Å². The van der Waals surface area contributed by atoms with Crippen molar-refractivity contribution in [3.05, 3.63) is 59.9 Å². The molecule has 21 heavy (non-hydrogen) atoms. The van der Waals surface area contributed by atoms with Crippen molar-refractivity contribution in [1.82, 2.24) is 10.3 Å². The van der Waals surface area contributed by atoms with Gasteiger partial charge in [0.25, 0.3) is 5.91 Å². The molecule has 1 atom stereocenters. The number of carbonyl (C=O) groups excluding carboxylic acids is 1. The van der Waals surface area contributed by atoms with E-state index in [1.807, 2.05) is 43.3 Å². The van der Waals surface area contributed by atoms with Crippen LogP contribution in [0.25, 0.3) is 0 Å². The van der Waals surface area contributed by atoms with E-state index < -0.39 is 0 Å². The van der Waals surface area contributed by atoms with Gasteiger partial charge in [0.05, 0.1) is 5.56 Å². The topological polar surface area (TPSA) is 54.0 Å². The zero-order chi connectivity index (χ0) is 15.1. The molecule has 0 aliphatic rings. The van der Waals surface area contributed by atoms with Crippen LogP contribution in [-0.2, 0) is 0 Å². The lowest BCUT2D eigenvalue weighted by Crippen LogP contribution is -2.25. The second kappa shape index (κ2) is 7.43. The minimum atomic E-state index is -0.0399. The third-order valence-corrected chi connectivity index (χ3v) is 3.29. The fraction of sp³-hybridized carbons (Fsp3) is 0.294. The van der Waals surface area contributed by atoms with E-state index in [1.54, 1.807) is 12.4 Å². The Morgan fingerprint density at radius 3 is 2.62 bits per heavy atom. The van der Waals surface area contributed by atoms with Crippen LogP contribution in [0.3, 0.4) is 0 Å². The molecular weight excluding hydrogens is 262 g/mol. The highest BCUT2D eigenvalue weighted by atomic mass is 16.1. The molecule has 0 fully saturated rings. The van der Waals surface area contributed by atoms with E-state index >= 15 is 0 Å². The van der Waals surface area contributed by atoms with E-state index in [1.165, 1.54) is 0 Å². The standard InChI is InChI=1S/C17H21N3O/c1-3-10-19-17(21)15-6-4-5-7-16(15)20-13(2)14-8-11-18-12-9-14/h4-9,11-13,20H,3,10H2,1-2H3,(H,19,21). The summed E-state index contributed by atoms with van der Waals surface area (Å²) >= 11 is 0. The minimum Gasteiger partial charge on any atom is -0.378 e. The second-order valence-electron chi connectivity index (χ2n) is 4.95. The van der Waals surface area contributed by atoms with Crippen molar-refractivity contribution in [2.24, 2.45) is 0 Å². The Morgan fingerprint density at radius 1 is 1.19 bits per heavy atom. The van der Waals surface area contributed by atoms with Crippen LogP contribution in [0.2, 0.25) is 0 Å². The number of carbonyl (C=O) groups is 1. The lowest BCUT2D eigenvalue weighted by atomic mass is 10.1. The average molecular weight is 283 g/mol. The Bertz CT molecular complexity index is 584. The maximum absolute atomic E-state index is 12.2. The van der Waals surface area contributed by atoms with Crippen molar-refractivity contribution in [1.29, 1.82) is 0 Å². The third kappa shape index (κ3) is 4.05. The summed E-state index contributed by atoms with van der Waals surface area (Å²) in [7, 11) is 0. The van der Waals surface area contributed by atoms with Crippen LogP contribution in [0.15, 0.2) is 48.8 Å². The molecule has 110 valence electrons. The summed E-state index contributed by atoms with van der Waals surface area (Å²) in [6, 6.07) is 11.6. The highest BCUT2D eigenvalue weighted by molar-refractivity contribution is 5.99. The zero-order valence-electron chi connectivity index (χ0n) is 12.5. The first-order chi connectivity index (χ1) is 10.2. The molecule has 4 heteroatoms. The van der Waals surface area contributed by atoms with Crippen LogP contribution in [0, 0.1) is 0 Å². The number of nitrogens with one attached hydrogen (secondary N) is 2. The molecule has 4 nitrogen and oxygen atoms in total. The number of anilines is 1. The van der Waals surface area contributed by atoms with Crippen LogP contribution in [-0.4, -0.2) is 17.4 Å². The zero-order valence-corrected chi connectivity index (χ0v) is 12.5. The molecule has 0 saturated carbocycles. The van der Waals surface area contributed by atoms with E-state index in [4.69, 9.17) is 0 Å². The second-order valence-corrected chi connectivity index (χ2v) is 4.95. The van der Waals surface area contributed by atoms with Crippen LogP contribution in [0.5, 0.6) is 0 Å². The van der Waals surface area contributed by atoms with E-state index in [2.05, 4.69) is 22.5 Å². The number of pyridine rings is 1. The number of hydrogen-bond donors (Lipinski definition) is 2. The van der Waals surface area contributed by atoms with Gasteiger partial charge in [0.2, 0.25) is 0 Å². The lowest BCUT2D eigenvalue weighted by Gasteiger charge is -2.18. The molecule has 1 aromatic carbocycles. The van der Waals surface area contributed by atoms with E-state index in [9.17, 15) is 4.79 Å². The lowest BCUT2D eigenvalue weighted by molar-refractivity contribution is 0.0954. The Morgan fingerprint density at radius 2 is 1.90 bits per heavy atom. The first-order valence-corrected chi connectivity index (χ1v) is 7.26. The van der Waals surface area contributed by atoms with Crippen LogP contribution in [0.1, 0.15) is 42.2 Å². The molecule has 0 saturated heterocycles. The fourth-order valence-electron chi connectivity index (χ4n) is 2.11. The number of hydrogen-bond acceptors (Lipinski definition) is 3. The summed E-state index contributed by atoms with van der Waals surface area (Å²) in [5, 5.41) is 6.31. The van der Waals surface area contributed by atoms with Gasteiger partial charge in [-0.05, 0) is 43.2 Å². The summed E-state index contributed by atoms with van der Waals surface area (Å²) in [4.78, 5) is 16.2. The van der Waals surface area contributed by atoms with Crippen LogP contribution < -0.4 is 10.6 Å². The van der Waals surface area contributed by atoms with E-state index in [0.29, 0.717) is 12.1 Å². The van der Waals surface area contributed by atoms with Crippen LogP contribution in [0.4, 0.5) is 5.69 Å². The van der Waals surface area contributed by atoms with Gasteiger partial charge < -0.3 is 10.6 Å². The largest absolute Gasteiger partial charge is 0.378 e. The minimum absolute atomic E-state index is 0.0399. The molecule has 1 heterocycles. The van der Waals surface area contributed by atoms with Crippen molar-refractivity contribution in [2.45, 2.75) is 26.3 Å². The number of amides is 1. The molecule has 1 unspecified atom stereocenters. The highest BCUT2D eigenvalue weighted by Crippen LogP contribution is 2.22. The van der Waals surface area contributed by atoms with Gasteiger partial charge in [-0.2, -0.15) is 0 Å². The Balaban J connectivity index is 2.15. The molecule has 1 amide bonds. The van der Waals surface area contributed by atoms with Crippen molar-refractivity contribution in [2.75, 3.05) is 11.9 Å². The van der Waals surface area contributed by atoms with E-state index in [0.717, 1.165) is 17.7 Å². The quantitative estimate of drug-likeness (QED) is 0.854. The van der Waals surface area contributed by atoms with Gasteiger partial charge in [0.15, 0.2) is 0 Å². The molecular formula is C17H21N3O. The molecule has 0 bridgehead atoms. The van der Waals surface area contributed by atoms with Gasteiger partial charge in [-0.15, -0.1) is 0 Å². The molecule has 0 radical (unpaired) electrons. The molecule has 1 aromatic heterocycles. The smallest absolute Gasteiger partial charge is 0.253 e. The predicted molar refractivity (Wildman–Crippen MR) is 85.3 cm³/mol. The maximum atomic E-state index is 12.2. The summed E-state index contributed by atoms with van der Waals surface area (Å²) in [6.45, 7) is 4.79. The van der Waals surface area contributed by atoms with Crippen molar-refractivity contribution in [3.8, 4) is 0 Å². The molecule has 2 rings (SSSR count). The monoisotopic (exact) mass is 283 g/mol. The van der Waals surface area contributed by atoms with E-state index in [-0.39, 0.29) is 11.9 Å². The van der Waals surface area contributed by atoms with Gasteiger partial charge >= 0.3 is 0 Å². The Hall–Kier alpha value is -2.36. The van der Waals surface area contributed by atoms with Gasteiger partial charge in [-0.3, -0.25) is 9.78 Å². The van der Waals surface area contributed by atoms with Crippen molar-refractivity contribution < 1.29 is 4.79 Å². The van der Waals surface area contributed by atoms with Gasteiger partial charge in [-0.1, -0.05) is 19.1 Å². The molecule has 0 aliphatic carbocycles. The fourth-order valence-corrected chi connectivity index (χ4v) is 2.11. The maximum Gasteiger partial charge on any atom is 0.253 e. The summed E-state index contributed by atoms with van der Waals surface area (Å²) < 4.78 is 0. The number of benzene rings is 1. The number of nitrogens with zero attached hydrogens (tertiary/aromatic N) is 1. The number of rotatable bonds is 6.